The van der Waals surface area contributed by atoms with E-state index in [1.54, 1.807) is 16.4 Å². The zero-order chi connectivity index (χ0) is 25.0. The molecule has 0 saturated carbocycles. The maximum absolute atomic E-state index is 13.7. The van der Waals surface area contributed by atoms with Crippen LogP contribution in [0.25, 0.3) is 10.9 Å². The summed E-state index contributed by atoms with van der Waals surface area (Å²) in [4.78, 5) is 11.5. The Bertz CT molecular complexity index is 1260. The van der Waals surface area contributed by atoms with Gasteiger partial charge in [-0.3, -0.25) is 4.90 Å². The van der Waals surface area contributed by atoms with E-state index >= 15 is 0 Å². The molecule has 2 N–H and O–H groups in total. The molecule has 2 heterocycles. The first-order chi connectivity index (χ1) is 16.9. The summed E-state index contributed by atoms with van der Waals surface area (Å²) in [6.45, 7) is 9.42. The van der Waals surface area contributed by atoms with Gasteiger partial charge in [0.25, 0.3) is 0 Å². The van der Waals surface area contributed by atoms with Gasteiger partial charge in [0.2, 0.25) is 10.0 Å². The Morgan fingerprint density at radius 1 is 0.971 bits per heavy atom. The fourth-order valence-electron chi connectivity index (χ4n) is 4.75. The number of anilines is 1. The highest BCUT2D eigenvalue weighted by Crippen LogP contribution is 2.31. The predicted octanol–water partition coefficient (Wildman–Crippen LogP) is 3.42. The van der Waals surface area contributed by atoms with Crippen molar-refractivity contribution >= 4 is 26.7 Å². The summed E-state index contributed by atoms with van der Waals surface area (Å²) in [7, 11) is -3.68. The van der Waals surface area contributed by atoms with Crippen molar-refractivity contribution in [3.05, 3.63) is 59.4 Å². The highest BCUT2D eigenvalue weighted by atomic mass is 32.2. The molecule has 1 atom stereocenters. The van der Waals surface area contributed by atoms with E-state index in [9.17, 15) is 8.42 Å². The van der Waals surface area contributed by atoms with Crippen LogP contribution in [0.4, 0.5) is 5.82 Å². The number of aromatic nitrogens is 2. The molecule has 0 bridgehead atoms. The fourth-order valence-corrected chi connectivity index (χ4v) is 6.47. The predicted molar refractivity (Wildman–Crippen MR) is 139 cm³/mol. The van der Waals surface area contributed by atoms with Crippen molar-refractivity contribution in [3.8, 4) is 0 Å². The Kier molecular flexibility index (Phi) is 8.01. The molecule has 35 heavy (non-hydrogen) atoms. The Morgan fingerprint density at radius 3 is 2.31 bits per heavy atom. The normalized spacial score (nSPS) is 16.5. The van der Waals surface area contributed by atoms with Crippen LogP contribution in [-0.2, 0) is 27.6 Å². The van der Waals surface area contributed by atoms with E-state index in [1.807, 2.05) is 39.0 Å². The van der Waals surface area contributed by atoms with Gasteiger partial charge in [-0.15, -0.1) is 0 Å². The van der Waals surface area contributed by atoms with Gasteiger partial charge in [0.05, 0.1) is 16.5 Å². The second-order valence-electron chi connectivity index (χ2n) is 8.73. The molecule has 0 radical (unpaired) electrons. The van der Waals surface area contributed by atoms with Crippen molar-refractivity contribution in [1.82, 2.24) is 19.2 Å². The molecule has 188 valence electrons. The number of nitrogens with zero attached hydrogens (tertiary/aromatic N) is 4. The van der Waals surface area contributed by atoms with Crippen LogP contribution in [0.5, 0.6) is 0 Å². The lowest BCUT2D eigenvalue weighted by Crippen LogP contribution is -2.49. The molecule has 1 aliphatic rings. The minimum atomic E-state index is -3.68. The van der Waals surface area contributed by atoms with Crippen LogP contribution in [-0.4, -0.2) is 66.9 Å². The first-order valence-corrected chi connectivity index (χ1v) is 13.8. The summed E-state index contributed by atoms with van der Waals surface area (Å²) in [6, 6.07) is 13.6. The van der Waals surface area contributed by atoms with E-state index in [0.29, 0.717) is 78.6 Å². The lowest BCUT2D eigenvalue weighted by atomic mass is 10.1. The third-order valence-electron chi connectivity index (χ3n) is 6.59. The van der Waals surface area contributed by atoms with Crippen molar-refractivity contribution in [2.45, 2.75) is 44.6 Å². The molecule has 1 aliphatic heterocycles. The molecule has 0 spiro atoms. The van der Waals surface area contributed by atoms with Crippen molar-refractivity contribution in [2.24, 2.45) is 0 Å². The van der Waals surface area contributed by atoms with Crippen LogP contribution in [0.3, 0.4) is 0 Å². The molecule has 8 nitrogen and oxygen atoms in total. The Hall–Kier alpha value is -2.59. The summed E-state index contributed by atoms with van der Waals surface area (Å²) in [5, 5.41) is 0.645. The van der Waals surface area contributed by atoms with Gasteiger partial charge in [-0.2, -0.15) is 4.31 Å². The Labute approximate surface area is 208 Å². The van der Waals surface area contributed by atoms with E-state index in [2.05, 4.69) is 27.0 Å². The van der Waals surface area contributed by atoms with Crippen molar-refractivity contribution in [3.63, 3.8) is 0 Å². The maximum atomic E-state index is 13.7. The van der Waals surface area contributed by atoms with Crippen LogP contribution in [0.2, 0.25) is 0 Å². The fraction of sp³-hybridized carbons (Fsp3) is 0.462. The van der Waals surface area contributed by atoms with E-state index in [1.165, 1.54) is 0 Å². The largest absolute Gasteiger partial charge is 0.383 e. The van der Waals surface area contributed by atoms with Gasteiger partial charge in [-0.25, -0.2) is 18.4 Å². The van der Waals surface area contributed by atoms with Gasteiger partial charge >= 0.3 is 0 Å². The monoisotopic (exact) mass is 497 g/mol. The molecule has 2 aromatic carbocycles. The third-order valence-corrected chi connectivity index (χ3v) is 8.57. The van der Waals surface area contributed by atoms with E-state index in [-0.39, 0.29) is 6.10 Å². The SMILES string of the molecule is CCOC(CN1CCN(S(=O)(=O)c2ccc3nc(CC)nc(N)c3c2CC)CC1)c1ccccc1. The van der Waals surface area contributed by atoms with Crippen molar-refractivity contribution < 1.29 is 13.2 Å². The van der Waals surface area contributed by atoms with Gasteiger partial charge in [0.1, 0.15) is 11.6 Å². The highest BCUT2D eigenvalue weighted by molar-refractivity contribution is 7.89. The number of benzene rings is 2. The van der Waals surface area contributed by atoms with Crippen LogP contribution >= 0.6 is 0 Å². The standard InChI is InChI=1S/C26H35N5O3S/c1-4-20-23(13-12-21-25(20)26(27)29-24(5-2)28-21)35(32,33)31-16-14-30(15-17-31)18-22(34-6-3)19-10-8-7-9-11-19/h7-13,22H,4-6,14-18H2,1-3H3,(H2,27,28,29). The number of piperazine rings is 1. The van der Waals surface area contributed by atoms with Crippen LogP contribution < -0.4 is 5.73 Å². The average Bonchev–Trinajstić information content (AvgIpc) is 2.88. The molecule has 1 saturated heterocycles. The minimum absolute atomic E-state index is 0.0347. The number of ether oxygens (including phenoxy) is 1. The zero-order valence-electron chi connectivity index (χ0n) is 20.8. The van der Waals surface area contributed by atoms with Crippen molar-refractivity contribution in [2.75, 3.05) is 45.1 Å². The molecule has 3 aromatic rings. The first-order valence-electron chi connectivity index (χ1n) is 12.4. The average molecular weight is 498 g/mol. The second-order valence-corrected chi connectivity index (χ2v) is 10.6. The number of rotatable bonds is 9. The van der Waals surface area contributed by atoms with Gasteiger partial charge in [0, 0.05) is 51.1 Å². The minimum Gasteiger partial charge on any atom is -0.383 e. The number of nitrogen functional groups attached to an aromatic ring is 1. The first kappa shape index (κ1) is 25.5. The molecule has 1 aromatic heterocycles. The lowest BCUT2D eigenvalue weighted by Gasteiger charge is -2.36. The van der Waals surface area contributed by atoms with Gasteiger partial charge in [-0.1, -0.05) is 44.2 Å². The number of sulfonamides is 1. The lowest BCUT2D eigenvalue weighted by molar-refractivity contribution is 0.0249. The number of aryl methyl sites for hydroxylation is 2. The topological polar surface area (TPSA) is 102 Å². The van der Waals surface area contributed by atoms with E-state index in [4.69, 9.17) is 10.5 Å². The maximum Gasteiger partial charge on any atom is 0.243 e. The molecule has 0 aliphatic carbocycles. The summed E-state index contributed by atoms with van der Waals surface area (Å²) < 4.78 is 35.0. The summed E-state index contributed by atoms with van der Waals surface area (Å²) in [5.74, 6) is 0.998. The van der Waals surface area contributed by atoms with Crippen LogP contribution in [0.15, 0.2) is 47.4 Å². The quantitative estimate of drug-likeness (QED) is 0.483. The molecule has 4 rings (SSSR count). The van der Waals surface area contributed by atoms with Gasteiger partial charge in [-0.05, 0) is 36.6 Å². The molecule has 1 unspecified atom stereocenters. The molecule has 9 heteroatoms. The highest BCUT2D eigenvalue weighted by Gasteiger charge is 2.32. The Morgan fingerprint density at radius 2 is 1.69 bits per heavy atom. The van der Waals surface area contributed by atoms with E-state index < -0.39 is 10.0 Å². The molecule has 1 fully saturated rings. The van der Waals surface area contributed by atoms with Gasteiger partial charge in [0.15, 0.2) is 0 Å². The van der Waals surface area contributed by atoms with Gasteiger partial charge < -0.3 is 10.5 Å². The molecule has 0 amide bonds. The number of fused-ring (bicyclic) bond motifs is 1. The van der Waals surface area contributed by atoms with Crippen molar-refractivity contribution in [1.29, 1.82) is 0 Å². The summed E-state index contributed by atoms with van der Waals surface area (Å²) in [5.41, 5.74) is 8.77. The summed E-state index contributed by atoms with van der Waals surface area (Å²) >= 11 is 0. The molecular weight excluding hydrogens is 462 g/mol. The summed E-state index contributed by atoms with van der Waals surface area (Å²) in [6.07, 6.45) is 1.16. The Balaban J connectivity index is 1.53. The van der Waals surface area contributed by atoms with E-state index in [0.717, 1.165) is 12.1 Å². The van der Waals surface area contributed by atoms with Crippen LogP contribution in [0.1, 0.15) is 43.8 Å². The third kappa shape index (κ3) is 5.33. The number of hydrogen-bond acceptors (Lipinski definition) is 7. The van der Waals surface area contributed by atoms with Crippen LogP contribution in [0, 0.1) is 0 Å². The second kappa shape index (κ2) is 11.0. The zero-order valence-corrected chi connectivity index (χ0v) is 21.6. The molecular formula is C26H35N5O3S. The number of hydrogen-bond donors (Lipinski definition) is 1. The number of nitrogens with two attached hydrogens (primary N) is 1. The smallest absolute Gasteiger partial charge is 0.243 e.